The Morgan fingerprint density at radius 3 is 1.34 bits per heavy atom. The van der Waals surface area contributed by atoms with E-state index in [0.717, 1.165) is 0 Å². The van der Waals surface area contributed by atoms with Crippen LogP contribution >= 0.6 is 15.2 Å². The maximum atomic E-state index is 10.7. The Morgan fingerprint density at radius 2 is 1.14 bits per heavy atom. The van der Waals surface area contributed by atoms with E-state index in [-0.39, 0.29) is 0 Å². The van der Waals surface area contributed by atoms with Gasteiger partial charge in [-0.05, 0) is 19.3 Å². The molecule has 0 aliphatic carbocycles. The summed E-state index contributed by atoms with van der Waals surface area (Å²) in [6, 6.07) is 0. The van der Waals surface area contributed by atoms with Gasteiger partial charge in [0, 0.05) is 12.2 Å². The van der Waals surface area contributed by atoms with Crippen molar-refractivity contribution < 1.29 is 51.7 Å². The summed E-state index contributed by atoms with van der Waals surface area (Å²) in [6.07, 6.45) is 6.70. The molecule has 0 spiro atoms. The molecule has 14 heteroatoms. The first kappa shape index (κ1) is 31.3. The smallest absolute Gasteiger partial charge is 0.369 e. The summed E-state index contributed by atoms with van der Waals surface area (Å²) in [4.78, 5) is 36.0. The Balaban J connectivity index is 0. The Bertz CT molecular complexity index is 590. The van der Waals surface area contributed by atoms with Crippen LogP contribution in [0.5, 0.6) is 0 Å². The zero-order valence-electron chi connectivity index (χ0n) is 17.4. The van der Waals surface area contributed by atoms with Gasteiger partial charge in [-0.15, -0.1) is 0 Å². The van der Waals surface area contributed by atoms with E-state index < -0.39 is 42.6 Å². The van der Waals surface area contributed by atoms with Crippen LogP contribution in [0.4, 0.5) is 0 Å². The fourth-order valence-electron chi connectivity index (χ4n) is 2.38. The molecule has 0 radical (unpaired) electrons. The zero-order chi connectivity index (χ0) is 23.4. The van der Waals surface area contributed by atoms with E-state index in [1.165, 1.54) is 58.2 Å². The highest BCUT2D eigenvalue weighted by Crippen LogP contribution is 2.68. The molecule has 0 unspecified atom stereocenters. The van der Waals surface area contributed by atoms with Crippen LogP contribution in [0.1, 0.15) is 65.7 Å². The summed E-state index contributed by atoms with van der Waals surface area (Å²) in [5.41, 5.74) is 0. The second-order valence-corrected chi connectivity index (χ2v) is 12.5. The molecule has 0 aliphatic rings. The first-order valence-corrected chi connectivity index (χ1v) is 14.5. The number of nitrogens with one attached hydrogen (secondary N) is 1. The first-order chi connectivity index (χ1) is 13.1. The van der Waals surface area contributed by atoms with Crippen molar-refractivity contribution in [3.8, 4) is 0 Å². The average molecular weight is 485 g/mol. The molecule has 0 saturated heterocycles. The van der Waals surface area contributed by atoms with Crippen molar-refractivity contribution in [2.75, 3.05) is 25.4 Å². The van der Waals surface area contributed by atoms with Crippen LogP contribution in [0.25, 0.3) is 0 Å². The predicted octanol–water partition coefficient (Wildman–Crippen LogP) is 0.195. The van der Waals surface area contributed by atoms with Gasteiger partial charge in [0.15, 0.2) is 0 Å². The van der Waals surface area contributed by atoms with Gasteiger partial charge in [-0.25, -0.2) is 8.42 Å². The van der Waals surface area contributed by atoms with Gasteiger partial charge in [-0.3, -0.25) is 9.13 Å². The number of quaternary nitrogens is 1. The lowest BCUT2D eigenvalue weighted by molar-refractivity contribution is -0.900. The van der Waals surface area contributed by atoms with Gasteiger partial charge >= 0.3 is 15.2 Å². The van der Waals surface area contributed by atoms with Crippen LogP contribution in [0, 0.1) is 0 Å². The van der Waals surface area contributed by atoms with Crippen LogP contribution in [-0.2, 0) is 19.2 Å². The molecule has 0 heterocycles. The fraction of sp³-hybridized carbons (Fsp3) is 1.00. The molecule has 0 rings (SSSR count). The van der Waals surface area contributed by atoms with E-state index in [1.54, 1.807) is 0 Å². The lowest BCUT2D eigenvalue weighted by atomic mass is 10.2. The van der Waals surface area contributed by atoms with Gasteiger partial charge in [0.2, 0.25) is 0 Å². The molecular formula is C15H37NO10P2S. The van der Waals surface area contributed by atoms with Crippen molar-refractivity contribution in [3.63, 3.8) is 0 Å². The molecule has 11 nitrogen and oxygen atoms in total. The van der Waals surface area contributed by atoms with E-state index in [9.17, 15) is 22.1 Å². The van der Waals surface area contributed by atoms with E-state index in [2.05, 4.69) is 20.8 Å². The van der Waals surface area contributed by atoms with E-state index in [4.69, 9.17) is 24.7 Å². The lowest BCUT2D eigenvalue weighted by Crippen LogP contribution is -3.12. The van der Waals surface area contributed by atoms with Crippen molar-refractivity contribution in [3.05, 3.63) is 0 Å². The van der Waals surface area contributed by atoms with E-state index in [0.29, 0.717) is 0 Å². The maximum Gasteiger partial charge on any atom is 0.369 e. The van der Waals surface area contributed by atoms with Crippen molar-refractivity contribution in [1.82, 2.24) is 0 Å². The Morgan fingerprint density at radius 1 is 0.828 bits per heavy atom. The highest BCUT2D eigenvalue weighted by molar-refractivity contribution is 7.85. The molecule has 0 aliphatic heterocycles. The average Bonchev–Trinajstić information content (AvgIpc) is 2.57. The molecule has 0 amide bonds. The van der Waals surface area contributed by atoms with Gasteiger partial charge in [-0.1, -0.05) is 40.0 Å². The minimum atomic E-state index is -5.71. The molecule has 0 aromatic rings. The lowest BCUT2D eigenvalue weighted by Gasteiger charge is -2.29. The van der Waals surface area contributed by atoms with Crippen LogP contribution in [-0.4, -0.2) is 68.1 Å². The standard InChI is InChI=1S/C12H27N.C3H10O10P2S/c1-4-7-10-13(11-8-5-2)12-9-6-3;4-3(14(5,6)7,15(8,9)10)1-2-16(11,12)13/h4-12H2,1-3H3;4H,1-2H2,(H2,5,6,7)(H2,8,9,10)(H,11,12,13). The van der Waals surface area contributed by atoms with Crippen molar-refractivity contribution in [2.24, 2.45) is 0 Å². The molecule has 0 bridgehead atoms. The zero-order valence-corrected chi connectivity index (χ0v) is 20.0. The quantitative estimate of drug-likeness (QED) is 0.146. The van der Waals surface area contributed by atoms with E-state index in [1.807, 2.05) is 4.90 Å². The first-order valence-electron chi connectivity index (χ1n) is 9.66. The van der Waals surface area contributed by atoms with Gasteiger partial charge in [0.05, 0.1) is 29.8 Å². The van der Waals surface area contributed by atoms with Crippen molar-refractivity contribution in [2.45, 2.75) is 70.8 Å². The number of rotatable bonds is 14. The largest absolute Gasteiger partial charge is 0.748 e. The van der Waals surface area contributed by atoms with Crippen molar-refractivity contribution >= 4 is 25.3 Å². The number of unbranched alkanes of at least 4 members (excludes halogenated alkanes) is 3. The summed E-state index contributed by atoms with van der Waals surface area (Å²) in [5, 5.41) is 5.25. The number of hydrogen-bond acceptors (Lipinski definition) is 6. The molecule has 6 N–H and O–H groups in total. The summed E-state index contributed by atoms with van der Waals surface area (Å²) in [5.74, 6) is -1.51. The van der Waals surface area contributed by atoms with Gasteiger partial charge < -0.3 is 34.1 Å². The normalized spacial score (nSPS) is 13.3. The Kier molecular flexibility index (Phi) is 15.4. The third kappa shape index (κ3) is 13.9. The van der Waals surface area contributed by atoms with Crippen LogP contribution in [0.3, 0.4) is 0 Å². The SMILES string of the molecule is CCCC[NH+](CCCC)CCCC.O=P(O)(O)C(O)(CCS(=O)(=O)[O-])P(=O)(O)O. The van der Waals surface area contributed by atoms with Gasteiger partial charge in [-0.2, -0.15) is 0 Å². The molecule has 0 atom stereocenters. The summed E-state index contributed by atoms with van der Waals surface area (Å²) in [7, 11) is -16.4. The molecule has 0 aromatic heterocycles. The molecule has 0 aromatic carbocycles. The summed E-state index contributed by atoms with van der Waals surface area (Å²) >= 11 is 0. The minimum absolute atomic E-state index is 1.35. The number of aliphatic hydroxyl groups is 1. The number of hydrogen-bond donors (Lipinski definition) is 6. The fourth-order valence-corrected chi connectivity index (χ4v) is 5.39. The van der Waals surface area contributed by atoms with Crippen molar-refractivity contribution in [1.29, 1.82) is 0 Å². The summed E-state index contributed by atoms with van der Waals surface area (Å²) < 4.78 is 51.8. The third-order valence-electron chi connectivity index (χ3n) is 4.27. The highest BCUT2D eigenvalue weighted by atomic mass is 32.2. The predicted molar refractivity (Wildman–Crippen MR) is 109 cm³/mol. The minimum Gasteiger partial charge on any atom is -0.748 e. The van der Waals surface area contributed by atoms with Crippen LogP contribution < -0.4 is 4.90 Å². The maximum absolute atomic E-state index is 10.7. The molecule has 178 valence electrons. The van der Waals surface area contributed by atoms with Gasteiger partial charge in [0.25, 0.3) is 5.08 Å². The highest BCUT2D eigenvalue weighted by Gasteiger charge is 2.59. The Hall–Kier alpha value is 0.130. The molecular weight excluding hydrogens is 448 g/mol. The van der Waals surface area contributed by atoms with Crippen LogP contribution in [0.2, 0.25) is 0 Å². The second-order valence-electron chi connectivity index (χ2n) is 6.93. The topological polar surface area (TPSA) is 197 Å². The molecule has 0 saturated carbocycles. The van der Waals surface area contributed by atoms with E-state index >= 15 is 0 Å². The monoisotopic (exact) mass is 485 g/mol. The third-order valence-corrected chi connectivity index (χ3v) is 8.85. The van der Waals surface area contributed by atoms with Crippen LogP contribution in [0.15, 0.2) is 0 Å². The molecule has 0 fully saturated rings. The second kappa shape index (κ2) is 14.2. The molecule has 29 heavy (non-hydrogen) atoms. The van der Waals surface area contributed by atoms with Gasteiger partial charge in [0.1, 0.15) is 0 Å². The summed E-state index contributed by atoms with van der Waals surface area (Å²) in [6.45, 7) is 11.1. The Labute approximate surface area is 173 Å².